The fraction of sp³-hybridized carbons (Fsp3) is 0.429. The maximum atomic E-state index is 12.3. The molecule has 1 aliphatic carbocycles. The highest BCUT2D eigenvalue weighted by molar-refractivity contribution is 6.25. The van der Waals surface area contributed by atoms with Crippen molar-refractivity contribution in [3.63, 3.8) is 0 Å². The molecule has 1 saturated heterocycles. The third kappa shape index (κ3) is 2.25. The van der Waals surface area contributed by atoms with E-state index in [1.54, 1.807) is 0 Å². The third-order valence-corrected chi connectivity index (χ3v) is 3.71. The van der Waals surface area contributed by atoms with Gasteiger partial charge in [0.2, 0.25) is 5.91 Å². The molecule has 4 nitrogen and oxygen atoms in total. The van der Waals surface area contributed by atoms with E-state index in [-0.39, 0.29) is 24.5 Å². The molecule has 2 amide bonds. The SMILES string of the molecule is [B][C@@H](C(=O)N1C(=O)OC[C@H]1c1ccccc1)C1CC1. The normalized spacial score (nSPS) is 24.1. The molecule has 96 valence electrons. The number of cyclic esters (lactones) is 1. The minimum Gasteiger partial charge on any atom is -0.446 e. The van der Waals surface area contributed by atoms with Crippen LogP contribution in [0.3, 0.4) is 0 Å². The van der Waals surface area contributed by atoms with Gasteiger partial charge in [0, 0.05) is 5.82 Å². The monoisotopic (exact) mass is 255 g/mol. The van der Waals surface area contributed by atoms with Crippen molar-refractivity contribution in [3.05, 3.63) is 35.9 Å². The standard InChI is InChI=1S/C14H14BNO3/c15-12(10-6-7-10)13(17)16-11(8-19-14(16)18)9-4-2-1-3-5-9/h1-5,10-12H,6-8H2/t11-,12+/m0/s1. The summed E-state index contributed by atoms with van der Waals surface area (Å²) in [6.45, 7) is 0.200. The van der Waals surface area contributed by atoms with E-state index < -0.39 is 11.9 Å². The first-order valence-corrected chi connectivity index (χ1v) is 6.49. The number of benzene rings is 1. The molecule has 19 heavy (non-hydrogen) atoms. The lowest BCUT2D eigenvalue weighted by molar-refractivity contribution is -0.129. The number of ether oxygens (including phenoxy) is 1. The van der Waals surface area contributed by atoms with Crippen LogP contribution in [-0.2, 0) is 9.53 Å². The minimum absolute atomic E-state index is 0.200. The van der Waals surface area contributed by atoms with Crippen LogP contribution in [0, 0.1) is 5.92 Å². The summed E-state index contributed by atoms with van der Waals surface area (Å²) in [5.41, 5.74) is 0.893. The lowest BCUT2D eigenvalue weighted by Gasteiger charge is -2.23. The van der Waals surface area contributed by atoms with E-state index in [9.17, 15) is 9.59 Å². The number of rotatable bonds is 3. The van der Waals surface area contributed by atoms with Crippen LogP contribution < -0.4 is 0 Å². The second kappa shape index (κ2) is 4.72. The first-order chi connectivity index (χ1) is 9.18. The molecule has 5 heteroatoms. The molecule has 0 aromatic heterocycles. The predicted octanol–water partition coefficient (Wildman–Crippen LogP) is 2.07. The van der Waals surface area contributed by atoms with Crippen LogP contribution in [0.15, 0.2) is 30.3 Å². The van der Waals surface area contributed by atoms with Gasteiger partial charge in [0.15, 0.2) is 0 Å². The first-order valence-electron chi connectivity index (χ1n) is 6.49. The average Bonchev–Trinajstić information content (AvgIpc) is 3.21. The molecule has 1 aliphatic heterocycles. The maximum Gasteiger partial charge on any atom is 0.417 e. The summed E-state index contributed by atoms with van der Waals surface area (Å²) in [6, 6.07) is 9.06. The predicted molar refractivity (Wildman–Crippen MR) is 69.6 cm³/mol. The number of hydrogen-bond acceptors (Lipinski definition) is 3. The van der Waals surface area contributed by atoms with E-state index in [1.807, 2.05) is 30.3 Å². The fourth-order valence-electron chi connectivity index (χ4n) is 2.40. The van der Waals surface area contributed by atoms with Crippen molar-refractivity contribution in [2.45, 2.75) is 24.7 Å². The molecule has 2 aliphatic rings. The average molecular weight is 255 g/mol. The van der Waals surface area contributed by atoms with E-state index in [0.717, 1.165) is 18.4 Å². The molecule has 2 fully saturated rings. The number of carbonyl (C=O) groups excluding carboxylic acids is 2. The molecular formula is C14H14BNO3. The van der Waals surface area contributed by atoms with Gasteiger partial charge in [-0.3, -0.25) is 4.79 Å². The van der Waals surface area contributed by atoms with Crippen molar-refractivity contribution in [1.29, 1.82) is 0 Å². The number of nitrogens with zero attached hydrogens (tertiary/aromatic N) is 1. The zero-order valence-corrected chi connectivity index (χ0v) is 10.5. The van der Waals surface area contributed by atoms with Gasteiger partial charge in [0.25, 0.3) is 0 Å². The third-order valence-electron chi connectivity index (χ3n) is 3.71. The second-order valence-corrected chi connectivity index (χ2v) is 5.07. The molecular weight excluding hydrogens is 241 g/mol. The Balaban J connectivity index is 1.84. The van der Waals surface area contributed by atoms with Gasteiger partial charge in [-0.2, -0.15) is 0 Å². The molecule has 1 aromatic rings. The fourth-order valence-corrected chi connectivity index (χ4v) is 2.40. The van der Waals surface area contributed by atoms with Crippen LogP contribution in [-0.4, -0.2) is 31.4 Å². The van der Waals surface area contributed by atoms with Gasteiger partial charge in [-0.1, -0.05) is 43.2 Å². The second-order valence-electron chi connectivity index (χ2n) is 5.07. The van der Waals surface area contributed by atoms with E-state index in [1.165, 1.54) is 4.90 Å². The lowest BCUT2D eigenvalue weighted by atomic mass is 9.81. The highest BCUT2D eigenvalue weighted by atomic mass is 16.6. The van der Waals surface area contributed by atoms with E-state index in [2.05, 4.69) is 0 Å². The van der Waals surface area contributed by atoms with Crippen molar-refractivity contribution in [2.24, 2.45) is 5.92 Å². The lowest BCUT2D eigenvalue weighted by Crippen LogP contribution is -2.37. The van der Waals surface area contributed by atoms with Crippen LogP contribution in [0.4, 0.5) is 4.79 Å². The molecule has 2 radical (unpaired) electrons. The number of hydrogen-bond donors (Lipinski definition) is 0. The number of carbonyl (C=O) groups is 2. The Morgan fingerprint density at radius 3 is 2.63 bits per heavy atom. The van der Waals surface area contributed by atoms with Gasteiger partial charge in [0.05, 0.1) is 7.85 Å². The van der Waals surface area contributed by atoms with Crippen LogP contribution >= 0.6 is 0 Å². The molecule has 0 bridgehead atoms. The Morgan fingerprint density at radius 2 is 2.00 bits per heavy atom. The first kappa shape index (κ1) is 12.3. The summed E-state index contributed by atoms with van der Waals surface area (Å²) < 4.78 is 5.01. The van der Waals surface area contributed by atoms with Crippen LogP contribution in [0.5, 0.6) is 0 Å². The summed E-state index contributed by atoms with van der Waals surface area (Å²) in [6.07, 6.45) is 1.34. The zero-order valence-electron chi connectivity index (χ0n) is 10.5. The summed E-state index contributed by atoms with van der Waals surface area (Å²) in [4.78, 5) is 25.3. The van der Waals surface area contributed by atoms with Gasteiger partial charge in [0.1, 0.15) is 12.6 Å². The van der Waals surface area contributed by atoms with Crippen molar-refractivity contribution in [1.82, 2.24) is 4.90 Å². The van der Waals surface area contributed by atoms with Gasteiger partial charge >= 0.3 is 6.09 Å². The molecule has 3 rings (SSSR count). The highest BCUT2D eigenvalue weighted by Gasteiger charge is 2.43. The van der Waals surface area contributed by atoms with Gasteiger partial charge in [-0.25, -0.2) is 9.69 Å². The molecule has 1 heterocycles. The Kier molecular flexibility index (Phi) is 3.05. The quantitative estimate of drug-likeness (QED) is 0.777. The smallest absolute Gasteiger partial charge is 0.417 e. The summed E-state index contributed by atoms with van der Waals surface area (Å²) in [5.74, 6) is -0.687. The van der Waals surface area contributed by atoms with Gasteiger partial charge < -0.3 is 4.74 Å². The van der Waals surface area contributed by atoms with E-state index in [0.29, 0.717) is 0 Å². The molecule has 2 atom stereocenters. The topological polar surface area (TPSA) is 46.6 Å². The summed E-state index contributed by atoms with van der Waals surface area (Å²) >= 11 is 0. The zero-order chi connectivity index (χ0) is 13.4. The van der Waals surface area contributed by atoms with Crippen molar-refractivity contribution in [2.75, 3.05) is 6.61 Å². The van der Waals surface area contributed by atoms with Crippen LogP contribution in [0.2, 0.25) is 5.82 Å². The number of amides is 2. The Morgan fingerprint density at radius 1 is 1.32 bits per heavy atom. The van der Waals surface area contributed by atoms with E-state index >= 15 is 0 Å². The Bertz CT molecular complexity index is 501. The van der Waals surface area contributed by atoms with Crippen molar-refractivity contribution >= 4 is 19.8 Å². The van der Waals surface area contributed by atoms with Gasteiger partial charge in [-0.05, 0) is 11.5 Å². The van der Waals surface area contributed by atoms with Crippen LogP contribution in [0.25, 0.3) is 0 Å². The largest absolute Gasteiger partial charge is 0.446 e. The highest BCUT2D eigenvalue weighted by Crippen LogP contribution is 2.41. The van der Waals surface area contributed by atoms with Crippen LogP contribution in [0.1, 0.15) is 24.4 Å². The summed E-state index contributed by atoms with van der Waals surface area (Å²) in [5, 5.41) is 0. The molecule has 0 N–H and O–H groups in total. The van der Waals surface area contributed by atoms with E-state index in [4.69, 9.17) is 12.6 Å². The van der Waals surface area contributed by atoms with Gasteiger partial charge in [-0.15, -0.1) is 0 Å². The molecule has 1 aromatic carbocycles. The molecule has 0 spiro atoms. The Hall–Kier alpha value is -1.78. The van der Waals surface area contributed by atoms with Crippen molar-refractivity contribution in [3.8, 4) is 0 Å². The minimum atomic E-state index is -0.588. The Labute approximate surface area is 113 Å². The molecule has 0 unspecified atom stereocenters. The van der Waals surface area contributed by atoms with Crippen molar-refractivity contribution < 1.29 is 14.3 Å². The molecule has 1 saturated carbocycles. The summed E-state index contributed by atoms with van der Waals surface area (Å²) in [7, 11) is 5.91. The number of imide groups is 1. The maximum absolute atomic E-state index is 12.3.